The highest BCUT2D eigenvalue weighted by Crippen LogP contribution is 2.30. The third-order valence-electron chi connectivity index (χ3n) is 6.38. The van der Waals surface area contributed by atoms with Crippen molar-refractivity contribution in [2.45, 2.75) is 51.4 Å². The van der Waals surface area contributed by atoms with Gasteiger partial charge in [-0.1, -0.05) is 55.3 Å². The van der Waals surface area contributed by atoms with E-state index in [1.54, 1.807) is 0 Å². The topological polar surface area (TPSA) is 74.6 Å². The van der Waals surface area contributed by atoms with Crippen LogP contribution in [-0.2, 0) is 11.2 Å². The summed E-state index contributed by atoms with van der Waals surface area (Å²) in [6.07, 6.45) is 14.5. The Hall–Kier alpha value is -2.05. The fourth-order valence-corrected chi connectivity index (χ4v) is 4.36. The van der Waals surface area contributed by atoms with Gasteiger partial charge in [-0.3, -0.25) is 4.98 Å². The summed E-state index contributed by atoms with van der Waals surface area (Å²) in [5.74, 6) is 0. The van der Waals surface area contributed by atoms with Crippen LogP contribution in [0.4, 0.5) is 0 Å². The molecule has 1 heterocycles. The minimum Gasteiger partial charge on any atom is -0.395 e. The number of hydrogen-bond donors (Lipinski definition) is 3. The van der Waals surface area contributed by atoms with Gasteiger partial charge in [-0.15, -0.1) is 0 Å². The molecule has 0 spiro atoms. The van der Waals surface area contributed by atoms with Crippen LogP contribution in [0.2, 0.25) is 0 Å². The number of aryl methyl sites for hydroxylation is 1. The third-order valence-corrected chi connectivity index (χ3v) is 6.38. The fraction of sp³-hybridized carbons (Fsp3) is 0.536. The van der Waals surface area contributed by atoms with E-state index in [2.05, 4.69) is 35.7 Å². The van der Waals surface area contributed by atoms with Crippen LogP contribution >= 0.6 is 0 Å². The Bertz CT molecular complexity index is 896. The number of ether oxygens (including phenoxy) is 1. The molecule has 180 valence electrons. The molecule has 33 heavy (non-hydrogen) atoms. The predicted octanol–water partition coefficient (Wildman–Crippen LogP) is 4.58. The molecule has 1 unspecified atom stereocenters. The molecule has 0 fully saturated rings. The first-order chi connectivity index (χ1) is 16.2. The SMILES string of the molecule is OCC1=CC=CC(CO)(CNCCCCCCOCCCCc2ccc3ccccc3n2)C1. The molecule has 5 heteroatoms. The van der Waals surface area contributed by atoms with Crippen molar-refractivity contribution in [1.82, 2.24) is 10.3 Å². The van der Waals surface area contributed by atoms with Gasteiger partial charge in [-0.25, -0.2) is 0 Å². The number of aromatic nitrogens is 1. The predicted molar refractivity (Wildman–Crippen MR) is 135 cm³/mol. The molecule has 1 aromatic carbocycles. The molecule has 5 nitrogen and oxygen atoms in total. The van der Waals surface area contributed by atoms with Crippen LogP contribution in [0.15, 0.2) is 60.2 Å². The first-order valence-corrected chi connectivity index (χ1v) is 12.5. The average molecular weight is 453 g/mol. The van der Waals surface area contributed by atoms with Gasteiger partial charge in [0.1, 0.15) is 0 Å². The summed E-state index contributed by atoms with van der Waals surface area (Å²) in [4.78, 5) is 4.73. The Morgan fingerprint density at radius 2 is 1.76 bits per heavy atom. The largest absolute Gasteiger partial charge is 0.395 e. The van der Waals surface area contributed by atoms with E-state index >= 15 is 0 Å². The van der Waals surface area contributed by atoms with Gasteiger partial charge >= 0.3 is 0 Å². The molecular weight excluding hydrogens is 412 g/mol. The lowest BCUT2D eigenvalue weighted by molar-refractivity contribution is 0.126. The number of rotatable bonds is 16. The Kier molecular flexibility index (Phi) is 11.1. The maximum Gasteiger partial charge on any atom is 0.0705 e. The number of unbranched alkanes of at least 4 members (excludes halogenated alkanes) is 4. The normalized spacial score (nSPS) is 18.1. The Labute approximate surface area is 198 Å². The van der Waals surface area contributed by atoms with E-state index in [0.29, 0.717) is 0 Å². The molecule has 0 saturated heterocycles. The summed E-state index contributed by atoms with van der Waals surface area (Å²) in [5.41, 5.74) is 2.95. The highest BCUT2D eigenvalue weighted by molar-refractivity contribution is 5.78. The summed E-state index contributed by atoms with van der Waals surface area (Å²) >= 11 is 0. The van der Waals surface area contributed by atoms with E-state index in [4.69, 9.17) is 9.72 Å². The van der Waals surface area contributed by atoms with Crippen molar-refractivity contribution in [1.29, 1.82) is 0 Å². The van der Waals surface area contributed by atoms with Gasteiger partial charge in [0.25, 0.3) is 0 Å². The van der Waals surface area contributed by atoms with Gasteiger partial charge in [0.2, 0.25) is 0 Å². The maximum atomic E-state index is 9.81. The van der Waals surface area contributed by atoms with Crippen LogP contribution in [-0.4, -0.2) is 54.7 Å². The van der Waals surface area contributed by atoms with Gasteiger partial charge in [0.15, 0.2) is 0 Å². The number of benzene rings is 1. The number of allylic oxidation sites excluding steroid dienone is 2. The summed E-state index contributed by atoms with van der Waals surface area (Å²) in [6.45, 7) is 3.54. The third kappa shape index (κ3) is 8.67. The molecule has 3 rings (SSSR count). The number of hydrogen-bond acceptors (Lipinski definition) is 5. The zero-order valence-electron chi connectivity index (χ0n) is 19.8. The fourth-order valence-electron chi connectivity index (χ4n) is 4.36. The van der Waals surface area contributed by atoms with Gasteiger partial charge in [0.05, 0.1) is 18.7 Å². The monoisotopic (exact) mass is 452 g/mol. The summed E-state index contributed by atoms with van der Waals surface area (Å²) in [5, 5.41) is 23.8. The van der Waals surface area contributed by atoms with Gasteiger partial charge < -0.3 is 20.3 Å². The number of nitrogens with one attached hydrogen (secondary N) is 1. The standard InChI is InChI=1S/C28H40N2O3/c31-21-24-10-9-16-28(20-24,23-32)22-29-17-6-1-2-7-18-33-19-8-5-12-26-15-14-25-11-3-4-13-27(25)30-26/h3-4,9-11,13-16,29,31-32H,1-2,5-8,12,17-23H2. The zero-order valence-corrected chi connectivity index (χ0v) is 19.8. The first-order valence-electron chi connectivity index (χ1n) is 12.5. The second-order valence-corrected chi connectivity index (χ2v) is 9.20. The summed E-state index contributed by atoms with van der Waals surface area (Å²) in [7, 11) is 0. The van der Waals surface area contributed by atoms with Crippen LogP contribution < -0.4 is 5.32 Å². The number of fused-ring (bicyclic) bond motifs is 1. The maximum absolute atomic E-state index is 9.81. The van der Waals surface area contributed by atoms with E-state index in [0.717, 1.165) is 81.6 Å². The molecular formula is C28H40N2O3. The molecule has 3 N–H and O–H groups in total. The van der Waals surface area contributed by atoms with Crippen molar-refractivity contribution in [2.75, 3.05) is 39.5 Å². The van der Waals surface area contributed by atoms with Crippen molar-refractivity contribution < 1.29 is 14.9 Å². The van der Waals surface area contributed by atoms with Gasteiger partial charge in [-0.05, 0) is 62.8 Å². The number of pyridine rings is 1. The highest BCUT2D eigenvalue weighted by Gasteiger charge is 2.28. The van der Waals surface area contributed by atoms with E-state index in [9.17, 15) is 10.2 Å². The Morgan fingerprint density at radius 3 is 2.61 bits per heavy atom. The molecule has 1 atom stereocenters. The molecule has 2 aromatic rings. The van der Waals surface area contributed by atoms with Gasteiger partial charge in [-0.2, -0.15) is 0 Å². The Balaban J connectivity index is 1.14. The minimum atomic E-state index is -0.273. The van der Waals surface area contributed by atoms with Crippen molar-refractivity contribution in [3.63, 3.8) is 0 Å². The van der Waals surface area contributed by atoms with E-state index in [1.807, 2.05) is 24.3 Å². The van der Waals surface area contributed by atoms with E-state index in [1.165, 1.54) is 18.2 Å². The smallest absolute Gasteiger partial charge is 0.0705 e. The van der Waals surface area contributed by atoms with Gasteiger partial charge in [0, 0.05) is 36.3 Å². The minimum absolute atomic E-state index is 0.0653. The van der Waals surface area contributed by atoms with Crippen molar-refractivity contribution in [3.05, 3.63) is 65.9 Å². The number of aliphatic hydroxyl groups is 2. The van der Waals surface area contributed by atoms with Crippen LogP contribution in [0.5, 0.6) is 0 Å². The van der Waals surface area contributed by atoms with Crippen molar-refractivity contribution >= 4 is 10.9 Å². The lowest BCUT2D eigenvalue weighted by Crippen LogP contribution is -2.37. The number of aliphatic hydroxyl groups excluding tert-OH is 2. The second-order valence-electron chi connectivity index (χ2n) is 9.20. The summed E-state index contributed by atoms with van der Waals surface area (Å²) < 4.78 is 5.80. The second kappa shape index (κ2) is 14.3. The number of nitrogens with zero attached hydrogens (tertiary/aromatic N) is 1. The van der Waals surface area contributed by atoms with Crippen LogP contribution in [0.1, 0.15) is 50.6 Å². The molecule has 0 saturated carbocycles. The van der Waals surface area contributed by atoms with Crippen LogP contribution in [0, 0.1) is 5.41 Å². The quantitative estimate of drug-likeness (QED) is 0.325. The van der Waals surface area contributed by atoms with Crippen LogP contribution in [0.3, 0.4) is 0 Å². The van der Waals surface area contributed by atoms with Crippen molar-refractivity contribution in [3.8, 4) is 0 Å². The lowest BCUT2D eigenvalue weighted by Gasteiger charge is -2.32. The molecule has 1 aliphatic carbocycles. The molecule has 0 radical (unpaired) electrons. The highest BCUT2D eigenvalue weighted by atomic mass is 16.5. The van der Waals surface area contributed by atoms with Crippen LogP contribution in [0.25, 0.3) is 10.9 Å². The number of para-hydroxylation sites is 1. The average Bonchev–Trinajstić information content (AvgIpc) is 2.86. The summed E-state index contributed by atoms with van der Waals surface area (Å²) in [6, 6.07) is 12.6. The Morgan fingerprint density at radius 1 is 0.939 bits per heavy atom. The molecule has 0 amide bonds. The molecule has 1 aliphatic rings. The molecule has 1 aromatic heterocycles. The van der Waals surface area contributed by atoms with Crippen molar-refractivity contribution in [2.24, 2.45) is 5.41 Å². The molecule has 0 aliphatic heterocycles. The zero-order chi connectivity index (χ0) is 23.2. The lowest BCUT2D eigenvalue weighted by atomic mass is 9.79. The first kappa shape index (κ1) is 25.6. The molecule has 0 bridgehead atoms. The van der Waals surface area contributed by atoms with E-state index < -0.39 is 0 Å². The van der Waals surface area contributed by atoms with E-state index in [-0.39, 0.29) is 18.6 Å².